The normalized spacial score (nSPS) is 11.1. The number of halogens is 2. The van der Waals surface area contributed by atoms with Crippen LogP contribution in [0, 0.1) is 0 Å². The Kier molecular flexibility index (Phi) is 4.63. The van der Waals surface area contributed by atoms with Crippen molar-refractivity contribution in [3.63, 3.8) is 0 Å². The second-order valence-electron chi connectivity index (χ2n) is 5.03. The third-order valence-corrected chi connectivity index (χ3v) is 3.42. The molecule has 0 aliphatic carbocycles. The predicted molar refractivity (Wildman–Crippen MR) is 82.3 cm³/mol. The zero-order valence-corrected chi connectivity index (χ0v) is 12.7. The van der Waals surface area contributed by atoms with Gasteiger partial charge < -0.3 is 9.88 Å². The smallest absolute Gasteiger partial charge is 0.272 e. The van der Waals surface area contributed by atoms with Gasteiger partial charge in [-0.25, -0.2) is 4.98 Å². The summed E-state index contributed by atoms with van der Waals surface area (Å²) in [5, 5.41) is 3.80. The van der Waals surface area contributed by atoms with Gasteiger partial charge in [0.05, 0.1) is 12.2 Å². The second-order valence-corrected chi connectivity index (χ2v) is 5.39. The molecule has 2 heterocycles. The van der Waals surface area contributed by atoms with Gasteiger partial charge in [-0.3, -0.25) is 9.18 Å². The van der Waals surface area contributed by atoms with Gasteiger partial charge in [-0.05, 0) is 26.0 Å². The van der Waals surface area contributed by atoms with Crippen molar-refractivity contribution >= 4 is 28.4 Å². The van der Waals surface area contributed by atoms with Gasteiger partial charge in [0.1, 0.15) is 5.69 Å². The van der Waals surface area contributed by atoms with E-state index in [1.807, 2.05) is 18.4 Å². The SMILES string of the molecule is C=C(CCF)NC(=O)c1cc2ccnc(Cl)c2n1C(C)C. The number of amides is 1. The Morgan fingerprint density at radius 1 is 1.57 bits per heavy atom. The van der Waals surface area contributed by atoms with Crippen LogP contribution in [0.2, 0.25) is 5.15 Å². The van der Waals surface area contributed by atoms with Crippen LogP contribution in [0.3, 0.4) is 0 Å². The zero-order chi connectivity index (χ0) is 15.6. The summed E-state index contributed by atoms with van der Waals surface area (Å²) in [7, 11) is 0. The van der Waals surface area contributed by atoms with E-state index in [1.54, 1.807) is 18.3 Å². The maximum absolute atomic E-state index is 12.4. The topological polar surface area (TPSA) is 46.9 Å². The van der Waals surface area contributed by atoms with Crippen LogP contribution in [0.4, 0.5) is 4.39 Å². The van der Waals surface area contributed by atoms with Gasteiger partial charge in [0.15, 0.2) is 5.15 Å². The number of alkyl halides is 1. The number of fused-ring (bicyclic) bond motifs is 1. The number of carbonyl (C=O) groups excluding carboxylic acids is 1. The predicted octanol–water partition coefficient (Wildman–Crippen LogP) is 3.87. The summed E-state index contributed by atoms with van der Waals surface area (Å²) in [6, 6.07) is 3.58. The Morgan fingerprint density at radius 3 is 2.90 bits per heavy atom. The van der Waals surface area contributed by atoms with Crippen LogP contribution >= 0.6 is 11.6 Å². The quantitative estimate of drug-likeness (QED) is 0.852. The minimum atomic E-state index is -0.554. The molecule has 0 unspecified atom stereocenters. The molecule has 0 fully saturated rings. The van der Waals surface area contributed by atoms with Crippen LogP contribution in [0.15, 0.2) is 30.6 Å². The molecule has 0 bridgehead atoms. The van der Waals surface area contributed by atoms with Crippen molar-refractivity contribution in [1.29, 1.82) is 0 Å². The van der Waals surface area contributed by atoms with Crippen molar-refractivity contribution in [1.82, 2.24) is 14.9 Å². The minimum Gasteiger partial charge on any atom is -0.331 e. The fraction of sp³-hybridized carbons (Fsp3) is 0.333. The van der Waals surface area contributed by atoms with E-state index in [-0.39, 0.29) is 18.4 Å². The van der Waals surface area contributed by atoms with Crippen LogP contribution in [0.5, 0.6) is 0 Å². The van der Waals surface area contributed by atoms with Crippen molar-refractivity contribution in [3.05, 3.63) is 41.5 Å². The number of nitrogens with one attached hydrogen (secondary N) is 1. The third-order valence-electron chi connectivity index (χ3n) is 3.14. The molecule has 6 heteroatoms. The molecule has 0 spiro atoms. The first-order valence-electron chi connectivity index (χ1n) is 6.66. The molecule has 0 aliphatic rings. The highest BCUT2D eigenvalue weighted by molar-refractivity contribution is 6.34. The van der Waals surface area contributed by atoms with Crippen molar-refractivity contribution in [2.75, 3.05) is 6.67 Å². The molecular weight excluding hydrogens is 293 g/mol. The lowest BCUT2D eigenvalue weighted by Crippen LogP contribution is -2.25. The molecule has 2 rings (SSSR count). The molecule has 0 saturated carbocycles. The maximum Gasteiger partial charge on any atom is 0.272 e. The van der Waals surface area contributed by atoms with E-state index in [0.717, 1.165) is 10.9 Å². The first kappa shape index (κ1) is 15.5. The van der Waals surface area contributed by atoms with Crippen LogP contribution in [0.1, 0.15) is 36.8 Å². The van der Waals surface area contributed by atoms with Gasteiger partial charge in [-0.15, -0.1) is 0 Å². The van der Waals surface area contributed by atoms with E-state index in [1.165, 1.54) is 0 Å². The fourth-order valence-corrected chi connectivity index (χ4v) is 2.50. The highest BCUT2D eigenvalue weighted by Crippen LogP contribution is 2.28. The van der Waals surface area contributed by atoms with Crippen LogP contribution < -0.4 is 5.32 Å². The lowest BCUT2D eigenvalue weighted by molar-refractivity contribution is 0.0954. The molecule has 1 amide bonds. The molecule has 0 saturated heterocycles. The van der Waals surface area contributed by atoms with Gasteiger partial charge in [0, 0.05) is 29.7 Å². The monoisotopic (exact) mass is 309 g/mol. The second kappa shape index (κ2) is 6.26. The molecule has 4 nitrogen and oxygen atoms in total. The van der Waals surface area contributed by atoms with Crippen LogP contribution in [-0.2, 0) is 0 Å². The van der Waals surface area contributed by atoms with Gasteiger partial charge in [-0.2, -0.15) is 0 Å². The largest absolute Gasteiger partial charge is 0.331 e. The van der Waals surface area contributed by atoms with Crippen LogP contribution in [-0.4, -0.2) is 22.1 Å². The first-order chi connectivity index (χ1) is 9.95. The standard InChI is InChI=1S/C15H17ClFN3O/c1-9(2)20-12(15(21)19-10(3)4-6-17)8-11-5-7-18-14(16)13(11)20/h5,7-9H,3-4,6H2,1-2H3,(H,19,21). The summed E-state index contributed by atoms with van der Waals surface area (Å²) in [5.74, 6) is -0.325. The summed E-state index contributed by atoms with van der Waals surface area (Å²) in [4.78, 5) is 16.4. The average molecular weight is 310 g/mol. The third kappa shape index (κ3) is 3.08. The lowest BCUT2D eigenvalue weighted by atomic mass is 10.3. The van der Waals surface area contributed by atoms with Crippen molar-refractivity contribution in [2.24, 2.45) is 0 Å². The summed E-state index contributed by atoms with van der Waals surface area (Å²) in [5.41, 5.74) is 1.53. The summed E-state index contributed by atoms with van der Waals surface area (Å²) in [6.45, 7) is 6.99. The number of pyridine rings is 1. The van der Waals surface area contributed by atoms with Crippen LogP contribution in [0.25, 0.3) is 10.9 Å². The first-order valence-corrected chi connectivity index (χ1v) is 7.04. The molecule has 1 N–H and O–H groups in total. The Morgan fingerprint density at radius 2 is 2.29 bits per heavy atom. The number of aromatic nitrogens is 2. The van der Waals surface area contributed by atoms with Gasteiger partial charge in [0.2, 0.25) is 0 Å². The molecule has 21 heavy (non-hydrogen) atoms. The van der Waals surface area contributed by atoms with E-state index < -0.39 is 6.67 Å². The lowest BCUT2D eigenvalue weighted by Gasteiger charge is -2.15. The molecule has 0 aliphatic heterocycles. The zero-order valence-electron chi connectivity index (χ0n) is 12.0. The molecule has 112 valence electrons. The molecular formula is C15H17ClFN3O. The van der Waals surface area contributed by atoms with E-state index in [9.17, 15) is 9.18 Å². The number of hydrogen-bond donors (Lipinski definition) is 1. The van der Waals surface area contributed by atoms with Gasteiger partial charge in [0.25, 0.3) is 5.91 Å². The van der Waals surface area contributed by atoms with Crippen molar-refractivity contribution in [2.45, 2.75) is 26.3 Å². The van der Waals surface area contributed by atoms with Crippen molar-refractivity contribution < 1.29 is 9.18 Å². The summed E-state index contributed by atoms with van der Waals surface area (Å²) >= 11 is 6.15. The summed E-state index contributed by atoms with van der Waals surface area (Å²) in [6.07, 6.45) is 1.70. The Balaban J connectivity index is 2.48. The number of nitrogens with zero attached hydrogens (tertiary/aromatic N) is 2. The Hall–Kier alpha value is -1.88. The molecule has 2 aromatic rings. The van der Waals surface area contributed by atoms with E-state index in [0.29, 0.717) is 16.5 Å². The highest BCUT2D eigenvalue weighted by atomic mass is 35.5. The van der Waals surface area contributed by atoms with Gasteiger partial charge in [-0.1, -0.05) is 18.2 Å². The highest BCUT2D eigenvalue weighted by Gasteiger charge is 2.19. The molecule has 0 aromatic carbocycles. The number of rotatable bonds is 5. The Labute approximate surface area is 127 Å². The molecule has 2 aromatic heterocycles. The molecule has 0 atom stereocenters. The van der Waals surface area contributed by atoms with Gasteiger partial charge >= 0.3 is 0 Å². The number of allylic oxidation sites excluding steroid dienone is 1. The maximum atomic E-state index is 12.4. The van der Waals surface area contributed by atoms with E-state index in [2.05, 4.69) is 16.9 Å². The Bertz CT molecular complexity index is 694. The molecule has 0 radical (unpaired) electrons. The van der Waals surface area contributed by atoms with E-state index >= 15 is 0 Å². The summed E-state index contributed by atoms with van der Waals surface area (Å²) < 4.78 is 14.1. The van der Waals surface area contributed by atoms with E-state index in [4.69, 9.17) is 11.6 Å². The van der Waals surface area contributed by atoms with Crippen molar-refractivity contribution in [3.8, 4) is 0 Å². The number of carbonyl (C=O) groups is 1. The minimum absolute atomic E-state index is 0.0272. The fourth-order valence-electron chi connectivity index (χ4n) is 2.25. The average Bonchev–Trinajstić information content (AvgIpc) is 2.80. The number of hydrogen-bond acceptors (Lipinski definition) is 2.